The van der Waals surface area contributed by atoms with Crippen molar-refractivity contribution in [2.24, 2.45) is 0 Å². The Morgan fingerprint density at radius 3 is 2.23 bits per heavy atom. The number of ether oxygens (including phenoxy) is 4. The van der Waals surface area contributed by atoms with E-state index in [0.717, 1.165) is 4.88 Å². The first-order valence-electron chi connectivity index (χ1n) is 10.6. The number of hydrogen-bond donors (Lipinski definition) is 1. The number of nitrogens with one attached hydrogen (secondary N) is 1. The molecule has 35 heavy (non-hydrogen) atoms. The number of nitrogens with zero attached hydrogens (tertiary/aromatic N) is 1. The van der Waals surface area contributed by atoms with Crippen LogP contribution in [0.5, 0.6) is 23.0 Å². The molecule has 0 saturated heterocycles. The second-order valence-corrected chi connectivity index (χ2v) is 9.21. The molecule has 0 spiro atoms. The fraction of sp³-hybridized carbons (Fsp3) is 0.280. The molecule has 2 heterocycles. The number of thiophene rings is 1. The van der Waals surface area contributed by atoms with Crippen molar-refractivity contribution in [2.45, 2.75) is 12.0 Å². The van der Waals surface area contributed by atoms with Crippen LogP contribution in [0.1, 0.15) is 32.8 Å². The van der Waals surface area contributed by atoms with Gasteiger partial charge in [0.1, 0.15) is 11.5 Å². The minimum absolute atomic E-state index is 0.214. The molecule has 0 fully saturated rings. The fourth-order valence-corrected chi connectivity index (χ4v) is 5.46. The number of benzene rings is 2. The van der Waals surface area contributed by atoms with E-state index in [1.807, 2.05) is 17.5 Å². The number of halogens is 1. The summed E-state index contributed by atoms with van der Waals surface area (Å²) < 4.78 is 21.6. The maximum Gasteiger partial charge on any atom is 0.254 e. The number of carbonyl (C=O) groups is 2. The van der Waals surface area contributed by atoms with E-state index in [1.165, 1.54) is 39.8 Å². The van der Waals surface area contributed by atoms with Crippen LogP contribution in [0.2, 0.25) is 5.02 Å². The van der Waals surface area contributed by atoms with Gasteiger partial charge in [0.05, 0.1) is 51.1 Å². The second-order valence-electron chi connectivity index (χ2n) is 7.82. The molecule has 2 aromatic carbocycles. The van der Waals surface area contributed by atoms with Crippen molar-refractivity contribution in [3.05, 3.63) is 62.8 Å². The fourth-order valence-electron chi connectivity index (χ4n) is 4.31. The number of amides is 2. The highest BCUT2D eigenvalue weighted by molar-refractivity contribution is 7.10. The molecule has 1 aromatic heterocycles. The highest BCUT2D eigenvalue weighted by atomic mass is 35.5. The lowest BCUT2D eigenvalue weighted by atomic mass is 9.81. The van der Waals surface area contributed by atoms with Crippen molar-refractivity contribution in [1.29, 1.82) is 0 Å². The molecule has 2 atom stereocenters. The Morgan fingerprint density at radius 2 is 1.63 bits per heavy atom. The third kappa shape index (κ3) is 4.37. The van der Waals surface area contributed by atoms with Gasteiger partial charge in [-0.15, -0.1) is 11.3 Å². The Balaban J connectivity index is 1.86. The van der Waals surface area contributed by atoms with E-state index in [0.29, 0.717) is 44.8 Å². The van der Waals surface area contributed by atoms with Crippen molar-refractivity contribution in [2.75, 3.05) is 40.8 Å². The van der Waals surface area contributed by atoms with Crippen LogP contribution in [0.3, 0.4) is 0 Å². The molecule has 184 valence electrons. The van der Waals surface area contributed by atoms with E-state index in [4.69, 9.17) is 30.5 Å². The van der Waals surface area contributed by atoms with Crippen molar-refractivity contribution in [3.63, 3.8) is 0 Å². The highest BCUT2D eigenvalue weighted by Gasteiger charge is 2.44. The van der Waals surface area contributed by atoms with E-state index in [2.05, 4.69) is 5.32 Å². The zero-order valence-electron chi connectivity index (χ0n) is 19.9. The molecular weight excluding hydrogens is 492 g/mol. The maximum atomic E-state index is 13.9. The normalized spacial score (nSPS) is 17.0. The van der Waals surface area contributed by atoms with Gasteiger partial charge in [0.2, 0.25) is 5.91 Å². The van der Waals surface area contributed by atoms with Gasteiger partial charge in [-0.25, -0.2) is 0 Å². The lowest BCUT2D eigenvalue weighted by Crippen LogP contribution is -2.43. The van der Waals surface area contributed by atoms with Gasteiger partial charge in [-0.3, -0.25) is 9.59 Å². The summed E-state index contributed by atoms with van der Waals surface area (Å²) in [6.45, 7) is 0. The van der Waals surface area contributed by atoms with Crippen molar-refractivity contribution in [3.8, 4) is 23.0 Å². The molecule has 0 bridgehead atoms. The van der Waals surface area contributed by atoms with Gasteiger partial charge in [0.15, 0.2) is 11.5 Å². The number of fused-ring (bicyclic) bond motifs is 1. The number of likely N-dealkylation sites (N-methyl/N-ethyl adjacent to an activating group) is 1. The summed E-state index contributed by atoms with van der Waals surface area (Å²) in [5, 5.41) is 5.18. The predicted octanol–water partition coefficient (Wildman–Crippen LogP) is 4.99. The van der Waals surface area contributed by atoms with Crippen LogP contribution in [0.15, 0.2) is 41.8 Å². The molecule has 1 aliphatic heterocycles. The molecular formula is C25H25ClN2O6S. The average molecular weight is 517 g/mol. The Labute approximate surface area is 212 Å². The summed E-state index contributed by atoms with van der Waals surface area (Å²) in [4.78, 5) is 29.8. The van der Waals surface area contributed by atoms with E-state index in [1.54, 1.807) is 36.2 Å². The van der Waals surface area contributed by atoms with Gasteiger partial charge in [-0.1, -0.05) is 17.7 Å². The molecule has 0 unspecified atom stereocenters. The molecule has 4 rings (SSSR count). The minimum Gasteiger partial charge on any atom is -0.495 e. The molecule has 10 heteroatoms. The molecule has 1 aliphatic rings. The van der Waals surface area contributed by atoms with Crippen LogP contribution in [0.4, 0.5) is 5.69 Å². The summed E-state index contributed by atoms with van der Waals surface area (Å²) in [5.74, 6) is 0.339. The van der Waals surface area contributed by atoms with Crippen molar-refractivity contribution in [1.82, 2.24) is 4.90 Å². The summed E-state index contributed by atoms with van der Waals surface area (Å²) in [6, 6.07) is 9.76. The molecule has 0 saturated carbocycles. The van der Waals surface area contributed by atoms with Crippen LogP contribution in [0.25, 0.3) is 0 Å². The third-order valence-corrected chi connectivity index (χ3v) is 7.26. The van der Waals surface area contributed by atoms with Gasteiger partial charge in [-0.05, 0) is 35.2 Å². The van der Waals surface area contributed by atoms with Crippen LogP contribution < -0.4 is 24.3 Å². The Bertz CT molecular complexity index is 1260. The summed E-state index contributed by atoms with van der Waals surface area (Å²) in [6.07, 6.45) is 0. The van der Waals surface area contributed by atoms with Gasteiger partial charge in [0.25, 0.3) is 5.91 Å². The van der Waals surface area contributed by atoms with Gasteiger partial charge < -0.3 is 29.2 Å². The van der Waals surface area contributed by atoms with Crippen LogP contribution in [0, 0.1) is 0 Å². The highest BCUT2D eigenvalue weighted by Crippen LogP contribution is 2.47. The van der Waals surface area contributed by atoms with Gasteiger partial charge in [0, 0.05) is 23.6 Å². The monoisotopic (exact) mass is 516 g/mol. The first kappa shape index (κ1) is 24.7. The standard InChI is InChI=1S/C25H25ClN2O6S/c1-28-23(21-7-6-8-35-21)22(13-9-19(33-4)20(34-5)10-14(13)25(28)30)24(29)27-16-11-15(26)17(31-2)12-18(16)32-3/h6-12,22-23H,1-5H3,(H,27,29)/t22-,23+/m0/s1. The smallest absolute Gasteiger partial charge is 0.254 e. The first-order valence-corrected chi connectivity index (χ1v) is 11.9. The SMILES string of the molecule is COc1cc(OC)c(NC(=O)[C@H]2c3cc(OC)c(OC)cc3C(=O)N(C)[C@@H]2c2cccs2)cc1Cl. The van der Waals surface area contributed by atoms with Gasteiger partial charge in [-0.2, -0.15) is 0 Å². The largest absolute Gasteiger partial charge is 0.495 e. The molecule has 0 radical (unpaired) electrons. The Kier molecular flexibility index (Phi) is 7.09. The lowest BCUT2D eigenvalue weighted by molar-refractivity contribution is -0.119. The minimum atomic E-state index is -0.753. The Morgan fingerprint density at radius 1 is 0.971 bits per heavy atom. The van der Waals surface area contributed by atoms with Crippen molar-refractivity contribution >= 4 is 40.4 Å². The molecule has 3 aromatic rings. The topological polar surface area (TPSA) is 86.3 Å². The zero-order valence-corrected chi connectivity index (χ0v) is 21.5. The van der Waals surface area contributed by atoms with E-state index >= 15 is 0 Å². The number of methoxy groups -OCH3 is 4. The van der Waals surface area contributed by atoms with E-state index in [9.17, 15) is 9.59 Å². The van der Waals surface area contributed by atoms with Crippen LogP contribution in [-0.4, -0.2) is 52.2 Å². The second kappa shape index (κ2) is 10.1. The number of carbonyl (C=O) groups excluding carboxylic acids is 2. The summed E-state index contributed by atoms with van der Waals surface area (Å²) in [5.41, 5.74) is 1.30. The van der Waals surface area contributed by atoms with Gasteiger partial charge >= 0.3 is 0 Å². The third-order valence-electron chi connectivity index (χ3n) is 6.02. The number of hydrogen-bond acceptors (Lipinski definition) is 7. The molecule has 1 N–H and O–H groups in total. The summed E-state index contributed by atoms with van der Waals surface area (Å²) in [7, 11) is 7.69. The zero-order chi connectivity index (χ0) is 25.3. The Hall–Kier alpha value is -3.43. The molecule has 8 nitrogen and oxygen atoms in total. The van der Waals surface area contributed by atoms with Crippen LogP contribution in [-0.2, 0) is 4.79 Å². The predicted molar refractivity (Wildman–Crippen MR) is 135 cm³/mol. The lowest BCUT2D eigenvalue weighted by Gasteiger charge is -2.39. The maximum absolute atomic E-state index is 13.9. The quantitative estimate of drug-likeness (QED) is 0.476. The van der Waals surface area contributed by atoms with E-state index < -0.39 is 12.0 Å². The number of rotatable bonds is 7. The van der Waals surface area contributed by atoms with E-state index in [-0.39, 0.29) is 11.8 Å². The van der Waals surface area contributed by atoms with Crippen molar-refractivity contribution < 1.29 is 28.5 Å². The van der Waals surface area contributed by atoms with Crippen LogP contribution >= 0.6 is 22.9 Å². The average Bonchev–Trinajstić information content (AvgIpc) is 3.39. The number of anilines is 1. The molecule has 2 amide bonds. The first-order chi connectivity index (χ1) is 16.8. The summed E-state index contributed by atoms with van der Waals surface area (Å²) >= 11 is 7.80. The molecule has 0 aliphatic carbocycles.